The molecule has 3 rings (SSSR count). The van der Waals surface area contributed by atoms with Gasteiger partial charge in [0.15, 0.2) is 0 Å². The molecule has 1 aromatic rings. The normalized spacial score (nSPS) is 19.7. The van der Waals surface area contributed by atoms with Crippen LogP contribution in [0.3, 0.4) is 0 Å². The smallest absolute Gasteiger partial charge is 0.230 e. The molecule has 2 aliphatic rings. The second-order valence-electron chi connectivity index (χ2n) is 5.29. The highest BCUT2D eigenvalue weighted by molar-refractivity contribution is 14.1. The van der Waals surface area contributed by atoms with E-state index in [2.05, 4.69) is 22.6 Å². The molecule has 102 valence electrons. The Bertz CT molecular complexity index is 483. The fourth-order valence-corrected chi connectivity index (χ4v) is 3.46. The van der Waals surface area contributed by atoms with Gasteiger partial charge in [-0.1, -0.05) is 19.3 Å². The lowest BCUT2D eigenvalue weighted by Gasteiger charge is -2.33. The van der Waals surface area contributed by atoms with Crippen LogP contribution in [0.25, 0.3) is 0 Å². The van der Waals surface area contributed by atoms with E-state index in [-0.39, 0.29) is 5.92 Å². The van der Waals surface area contributed by atoms with Gasteiger partial charge in [-0.25, -0.2) is 0 Å². The van der Waals surface area contributed by atoms with Crippen LogP contribution in [0.15, 0.2) is 18.2 Å². The molecule has 1 aromatic carbocycles. The van der Waals surface area contributed by atoms with Crippen molar-refractivity contribution in [3.63, 3.8) is 0 Å². The van der Waals surface area contributed by atoms with E-state index in [1.165, 1.54) is 19.3 Å². The standard InChI is InChI=1S/C15H18INO2/c16-12-6-7-13-14(10-12)19-9-8-17(13)15(18)11-4-2-1-3-5-11/h6-7,10-11H,1-5,8-9H2. The molecule has 0 saturated heterocycles. The van der Waals surface area contributed by atoms with Crippen molar-refractivity contribution in [3.8, 4) is 5.75 Å². The molecule has 4 heteroatoms. The first-order valence-corrected chi connectivity index (χ1v) is 8.07. The predicted octanol–water partition coefficient (Wildman–Crippen LogP) is 3.60. The first kappa shape index (κ1) is 13.2. The molecule has 1 heterocycles. The molecule has 0 aromatic heterocycles. The number of carbonyl (C=O) groups excluding carboxylic acids is 1. The molecule has 0 N–H and O–H groups in total. The summed E-state index contributed by atoms with van der Waals surface area (Å²) in [7, 11) is 0. The van der Waals surface area contributed by atoms with Crippen LogP contribution in [-0.2, 0) is 4.79 Å². The number of rotatable bonds is 1. The molecule has 19 heavy (non-hydrogen) atoms. The number of halogens is 1. The lowest BCUT2D eigenvalue weighted by atomic mass is 9.88. The summed E-state index contributed by atoms with van der Waals surface area (Å²) in [6.45, 7) is 1.29. The van der Waals surface area contributed by atoms with E-state index < -0.39 is 0 Å². The summed E-state index contributed by atoms with van der Waals surface area (Å²) in [6.07, 6.45) is 5.77. The van der Waals surface area contributed by atoms with Gasteiger partial charge in [-0.3, -0.25) is 4.79 Å². The molecule has 0 unspecified atom stereocenters. The number of nitrogens with zero attached hydrogens (tertiary/aromatic N) is 1. The number of anilines is 1. The van der Waals surface area contributed by atoms with Crippen LogP contribution < -0.4 is 9.64 Å². The van der Waals surface area contributed by atoms with Crippen LogP contribution in [0.4, 0.5) is 5.69 Å². The molecule has 1 saturated carbocycles. The highest BCUT2D eigenvalue weighted by Crippen LogP contribution is 2.35. The number of hydrogen-bond acceptors (Lipinski definition) is 2. The Kier molecular flexibility index (Phi) is 3.96. The predicted molar refractivity (Wildman–Crippen MR) is 83.6 cm³/mol. The lowest BCUT2D eigenvalue weighted by Crippen LogP contribution is -2.42. The molecule has 1 amide bonds. The fourth-order valence-electron chi connectivity index (χ4n) is 2.99. The van der Waals surface area contributed by atoms with Crippen LogP contribution in [0.1, 0.15) is 32.1 Å². The molecule has 3 nitrogen and oxygen atoms in total. The Labute approximate surface area is 127 Å². The van der Waals surface area contributed by atoms with Crippen molar-refractivity contribution in [2.75, 3.05) is 18.1 Å². The van der Waals surface area contributed by atoms with E-state index in [1.807, 2.05) is 23.1 Å². The van der Waals surface area contributed by atoms with E-state index in [4.69, 9.17) is 4.74 Å². The van der Waals surface area contributed by atoms with Crippen LogP contribution >= 0.6 is 22.6 Å². The van der Waals surface area contributed by atoms with Gasteiger partial charge in [0.05, 0.1) is 12.2 Å². The quantitative estimate of drug-likeness (QED) is 0.706. The molecule has 1 fully saturated rings. The van der Waals surface area contributed by atoms with Crippen LogP contribution in [0.2, 0.25) is 0 Å². The van der Waals surface area contributed by atoms with E-state index in [1.54, 1.807) is 0 Å². The summed E-state index contributed by atoms with van der Waals surface area (Å²) in [5.41, 5.74) is 0.947. The molecule has 0 atom stereocenters. The van der Waals surface area contributed by atoms with E-state index in [9.17, 15) is 4.79 Å². The van der Waals surface area contributed by atoms with Crippen molar-refractivity contribution in [2.24, 2.45) is 5.92 Å². The molecular weight excluding hydrogens is 353 g/mol. The topological polar surface area (TPSA) is 29.5 Å². The van der Waals surface area contributed by atoms with Crippen molar-refractivity contribution in [1.29, 1.82) is 0 Å². The monoisotopic (exact) mass is 371 g/mol. The van der Waals surface area contributed by atoms with E-state index in [0.29, 0.717) is 19.1 Å². The lowest BCUT2D eigenvalue weighted by molar-refractivity contribution is -0.123. The van der Waals surface area contributed by atoms with Crippen molar-refractivity contribution in [1.82, 2.24) is 0 Å². The van der Waals surface area contributed by atoms with Crippen LogP contribution in [0, 0.1) is 9.49 Å². The number of carbonyl (C=O) groups is 1. The third-order valence-corrected chi connectivity index (χ3v) is 4.68. The first-order valence-electron chi connectivity index (χ1n) is 6.99. The van der Waals surface area contributed by atoms with Gasteiger partial charge in [0.1, 0.15) is 12.4 Å². The second-order valence-corrected chi connectivity index (χ2v) is 6.53. The molecule has 1 aliphatic carbocycles. The van der Waals surface area contributed by atoms with Gasteiger partial charge in [0, 0.05) is 9.49 Å². The largest absolute Gasteiger partial charge is 0.489 e. The van der Waals surface area contributed by atoms with Gasteiger partial charge in [0.2, 0.25) is 5.91 Å². The fraction of sp³-hybridized carbons (Fsp3) is 0.533. The van der Waals surface area contributed by atoms with Crippen molar-refractivity contribution in [3.05, 3.63) is 21.8 Å². The number of ether oxygens (including phenoxy) is 1. The summed E-state index contributed by atoms with van der Waals surface area (Å²) in [5, 5.41) is 0. The van der Waals surface area contributed by atoms with Gasteiger partial charge >= 0.3 is 0 Å². The highest BCUT2D eigenvalue weighted by Gasteiger charge is 2.30. The zero-order valence-electron chi connectivity index (χ0n) is 10.9. The summed E-state index contributed by atoms with van der Waals surface area (Å²) in [4.78, 5) is 14.6. The van der Waals surface area contributed by atoms with Gasteiger partial charge in [0.25, 0.3) is 0 Å². The zero-order chi connectivity index (χ0) is 13.2. The minimum absolute atomic E-state index is 0.221. The minimum atomic E-state index is 0.221. The number of amides is 1. The molecule has 1 aliphatic heterocycles. The Hall–Kier alpha value is -0.780. The number of hydrogen-bond donors (Lipinski definition) is 0. The van der Waals surface area contributed by atoms with Crippen LogP contribution in [-0.4, -0.2) is 19.1 Å². The summed E-state index contributed by atoms with van der Waals surface area (Å²) >= 11 is 2.27. The SMILES string of the molecule is O=C(C1CCCCC1)N1CCOc2cc(I)ccc21. The van der Waals surface area contributed by atoms with Gasteiger partial charge in [-0.2, -0.15) is 0 Å². The summed E-state index contributed by atoms with van der Waals surface area (Å²) in [6, 6.07) is 6.06. The average molecular weight is 371 g/mol. The Morgan fingerprint density at radius 3 is 2.84 bits per heavy atom. The molecule has 0 bridgehead atoms. The molecule has 0 radical (unpaired) electrons. The summed E-state index contributed by atoms with van der Waals surface area (Å²) < 4.78 is 6.82. The minimum Gasteiger partial charge on any atom is -0.489 e. The van der Waals surface area contributed by atoms with Crippen molar-refractivity contribution < 1.29 is 9.53 Å². The third-order valence-electron chi connectivity index (χ3n) is 4.01. The summed E-state index contributed by atoms with van der Waals surface area (Å²) in [5.74, 6) is 1.37. The van der Waals surface area contributed by atoms with Crippen molar-refractivity contribution >= 4 is 34.2 Å². The Morgan fingerprint density at radius 2 is 2.05 bits per heavy atom. The molecule has 0 spiro atoms. The maximum absolute atomic E-state index is 12.7. The first-order chi connectivity index (χ1) is 9.25. The zero-order valence-corrected chi connectivity index (χ0v) is 13.1. The second kappa shape index (κ2) is 5.69. The van der Waals surface area contributed by atoms with Crippen molar-refractivity contribution in [2.45, 2.75) is 32.1 Å². The van der Waals surface area contributed by atoms with Crippen LogP contribution in [0.5, 0.6) is 5.75 Å². The maximum atomic E-state index is 12.7. The highest BCUT2D eigenvalue weighted by atomic mass is 127. The van der Waals surface area contributed by atoms with Gasteiger partial charge in [-0.15, -0.1) is 0 Å². The van der Waals surface area contributed by atoms with Gasteiger partial charge < -0.3 is 9.64 Å². The number of fused-ring (bicyclic) bond motifs is 1. The average Bonchev–Trinajstić information content (AvgIpc) is 2.46. The molecular formula is C15H18INO2. The van der Waals surface area contributed by atoms with E-state index in [0.717, 1.165) is 27.8 Å². The van der Waals surface area contributed by atoms with Gasteiger partial charge in [-0.05, 0) is 53.6 Å². The third kappa shape index (κ3) is 2.73. The Morgan fingerprint density at radius 1 is 1.26 bits per heavy atom. The number of benzene rings is 1. The maximum Gasteiger partial charge on any atom is 0.230 e. The van der Waals surface area contributed by atoms with E-state index >= 15 is 0 Å². The Balaban J connectivity index is 1.84.